The Balaban J connectivity index is 1.40. The second kappa shape index (κ2) is 8.54. The number of piperidine rings is 1. The van der Waals surface area contributed by atoms with Gasteiger partial charge in [0.2, 0.25) is 0 Å². The van der Waals surface area contributed by atoms with Gasteiger partial charge in [0, 0.05) is 44.0 Å². The smallest absolute Gasteiger partial charge is 0.274 e. The molecule has 3 fully saturated rings. The minimum absolute atomic E-state index is 0.135. The molecule has 1 aromatic rings. The van der Waals surface area contributed by atoms with E-state index in [1.54, 1.807) is 0 Å². The molecule has 6 nitrogen and oxygen atoms in total. The third-order valence-corrected chi connectivity index (χ3v) is 7.27. The van der Waals surface area contributed by atoms with Crippen molar-refractivity contribution in [2.24, 2.45) is 0 Å². The number of carbonyl (C=O) groups is 1. The number of hydrogen-bond acceptors (Lipinski definition) is 4. The highest BCUT2D eigenvalue weighted by Gasteiger charge is 2.31. The highest BCUT2D eigenvalue weighted by molar-refractivity contribution is 5.93. The second-order valence-corrected chi connectivity index (χ2v) is 9.12. The van der Waals surface area contributed by atoms with Crippen molar-refractivity contribution in [3.8, 4) is 0 Å². The van der Waals surface area contributed by atoms with Gasteiger partial charge in [-0.2, -0.15) is 0 Å². The van der Waals surface area contributed by atoms with Crippen molar-refractivity contribution in [3.63, 3.8) is 0 Å². The molecule has 0 N–H and O–H groups in total. The normalized spacial score (nSPS) is 24.0. The van der Waals surface area contributed by atoms with Crippen LogP contribution in [0.1, 0.15) is 73.0 Å². The molecule has 28 heavy (non-hydrogen) atoms. The van der Waals surface area contributed by atoms with Gasteiger partial charge in [-0.25, -0.2) is 4.98 Å². The van der Waals surface area contributed by atoms with Crippen LogP contribution >= 0.6 is 0 Å². The van der Waals surface area contributed by atoms with Gasteiger partial charge < -0.3 is 14.4 Å². The molecule has 6 heteroatoms. The van der Waals surface area contributed by atoms with Crippen LogP contribution in [0.5, 0.6) is 0 Å². The van der Waals surface area contributed by atoms with E-state index in [0.717, 1.165) is 69.7 Å². The maximum atomic E-state index is 13.2. The van der Waals surface area contributed by atoms with Crippen LogP contribution in [-0.2, 0) is 0 Å². The summed E-state index contributed by atoms with van der Waals surface area (Å²) in [5.74, 6) is 1.13. The number of aryl methyl sites for hydroxylation is 1. The van der Waals surface area contributed by atoms with Crippen molar-refractivity contribution in [1.82, 2.24) is 24.3 Å². The number of likely N-dealkylation sites (tertiary alicyclic amines) is 1. The summed E-state index contributed by atoms with van der Waals surface area (Å²) >= 11 is 0. The summed E-state index contributed by atoms with van der Waals surface area (Å²) < 4.78 is 2.33. The molecule has 0 aromatic carbocycles. The lowest BCUT2D eigenvalue weighted by Crippen LogP contribution is -2.52. The van der Waals surface area contributed by atoms with E-state index in [0.29, 0.717) is 11.7 Å². The van der Waals surface area contributed by atoms with Crippen LogP contribution in [0.25, 0.3) is 0 Å². The van der Waals surface area contributed by atoms with Crippen LogP contribution in [0.4, 0.5) is 0 Å². The topological polar surface area (TPSA) is 44.6 Å². The van der Waals surface area contributed by atoms with E-state index in [4.69, 9.17) is 4.98 Å². The first-order valence-corrected chi connectivity index (χ1v) is 11.3. The summed E-state index contributed by atoms with van der Waals surface area (Å²) in [5, 5.41) is 0. The Hall–Kier alpha value is -1.40. The Kier molecular flexibility index (Phi) is 6.07. The molecule has 1 saturated carbocycles. The zero-order valence-corrected chi connectivity index (χ0v) is 18.0. The van der Waals surface area contributed by atoms with E-state index in [-0.39, 0.29) is 5.91 Å². The van der Waals surface area contributed by atoms with Crippen molar-refractivity contribution >= 4 is 5.91 Å². The summed E-state index contributed by atoms with van der Waals surface area (Å²) in [6.45, 7) is 10.1. The molecular weight excluding hydrogens is 350 g/mol. The minimum Gasteiger partial charge on any atom is -0.335 e. The lowest BCUT2D eigenvalue weighted by Gasteiger charge is -2.40. The summed E-state index contributed by atoms with van der Waals surface area (Å²) in [5.41, 5.74) is 1.74. The Labute approximate surface area is 169 Å². The molecule has 2 saturated heterocycles. The Morgan fingerprint density at radius 1 is 0.857 bits per heavy atom. The van der Waals surface area contributed by atoms with Gasteiger partial charge in [-0.15, -0.1) is 0 Å². The lowest BCUT2D eigenvalue weighted by molar-refractivity contribution is 0.0518. The number of aromatic nitrogens is 2. The van der Waals surface area contributed by atoms with Gasteiger partial charge in [-0.05, 0) is 59.7 Å². The predicted molar refractivity (Wildman–Crippen MR) is 112 cm³/mol. The summed E-state index contributed by atoms with van der Waals surface area (Å²) in [7, 11) is 2.19. The largest absolute Gasteiger partial charge is 0.335 e. The zero-order chi connectivity index (χ0) is 19.7. The lowest BCUT2D eigenvalue weighted by atomic mass is 9.94. The van der Waals surface area contributed by atoms with E-state index in [9.17, 15) is 4.79 Å². The number of piperazine rings is 1. The predicted octanol–water partition coefficient (Wildman–Crippen LogP) is 2.86. The number of carbonyl (C=O) groups excluding carboxylic acids is 1. The fourth-order valence-corrected chi connectivity index (χ4v) is 5.53. The summed E-state index contributed by atoms with van der Waals surface area (Å²) in [6, 6.07) is 1.23. The summed E-state index contributed by atoms with van der Waals surface area (Å²) in [6.07, 6.45) is 9.10. The molecule has 2 aliphatic heterocycles. The van der Waals surface area contributed by atoms with Crippen molar-refractivity contribution in [3.05, 3.63) is 17.2 Å². The molecule has 0 radical (unpaired) electrons. The molecule has 0 bridgehead atoms. The number of nitrogens with zero attached hydrogens (tertiary/aromatic N) is 5. The molecule has 1 aliphatic carbocycles. The van der Waals surface area contributed by atoms with Gasteiger partial charge in [0.15, 0.2) is 0 Å². The van der Waals surface area contributed by atoms with Crippen LogP contribution in [0.2, 0.25) is 0 Å². The Morgan fingerprint density at radius 2 is 1.50 bits per heavy atom. The van der Waals surface area contributed by atoms with Gasteiger partial charge >= 0.3 is 0 Å². The van der Waals surface area contributed by atoms with Crippen LogP contribution in [0, 0.1) is 13.8 Å². The molecular formula is C22H37N5O. The highest BCUT2D eigenvalue weighted by Crippen LogP contribution is 2.28. The van der Waals surface area contributed by atoms with Gasteiger partial charge in [0.1, 0.15) is 11.5 Å². The monoisotopic (exact) mass is 387 g/mol. The number of hydrogen-bond donors (Lipinski definition) is 0. The van der Waals surface area contributed by atoms with Gasteiger partial charge in [-0.3, -0.25) is 9.69 Å². The van der Waals surface area contributed by atoms with Gasteiger partial charge in [0.05, 0.1) is 0 Å². The molecule has 3 aliphatic rings. The molecule has 3 heterocycles. The standard InChI is InChI=1S/C22H37N5O/c1-17-21(23-18(2)27(17)20-9-11-24(3)12-10-20)22(28)26-15-13-25(14-16-26)19-7-5-4-6-8-19/h19-20H,4-16H2,1-3H3. The molecule has 0 unspecified atom stereocenters. The van der Waals surface area contributed by atoms with Crippen molar-refractivity contribution in [2.75, 3.05) is 46.3 Å². The first-order chi connectivity index (χ1) is 13.5. The van der Waals surface area contributed by atoms with E-state index >= 15 is 0 Å². The molecule has 0 atom stereocenters. The van der Waals surface area contributed by atoms with Crippen LogP contribution in [0.15, 0.2) is 0 Å². The molecule has 1 amide bonds. The molecule has 0 spiro atoms. The maximum absolute atomic E-state index is 13.2. The Bertz CT molecular complexity index is 677. The van der Waals surface area contributed by atoms with Crippen LogP contribution < -0.4 is 0 Å². The van der Waals surface area contributed by atoms with Crippen molar-refractivity contribution < 1.29 is 4.79 Å². The van der Waals surface area contributed by atoms with Crippen LogP contribution in [-0.4, -0.2) is 82.5 Å². The fraction of sp³-hybridized carbons (Fsp3) is 0.818. The molecule has 156 valence electrons. The average molecular weight is 388 g/mol. The number of amides is 1. The minimum atomic E-state index is 0.135. The number of rotatable bonds is 3. The molecule has 4 rings (SSSR count). The quantitative estimate of drug-likeness (QED) is 0.800. The van der Waals surface area contributed by atoms with Gasteiger partial charge in [-0.1, -0.05) is 19.3 Å². The second-order valence-electron chi connectivity index (χ2n) is 9.12. The van der Waals surface area contributed by atoms with E-state index in [1.807, 2.05) is 4.90 Å². The maximum Gasteiger partial charge on any atom is 0.274 e. The molecule has 1 aromatic heterocycles. The van der Waals surface area contributed by atoms with E-state index in [2.05, 4.69) is 35.3 Å². The Morgan fingerprint density at radius 3 is 2.14 bits per heavy atom. The summed E-state index contributed by atoms with van der Waals surface area (Å²) in [4.78, 5) is 25.0. The van der Waals surface area contributed by atoms with Crippen molar-refractivity contribution in [2.45, 2.75) is 70.9 Å². The van der Waals surface area contributed by atoms with E-state index in [1.165, 1.54) is 32.1 Å². The SMILES string of the molecule is Cc1nc(C(=O)N2CCN(C3CCCCC3)CC2)c(C)n1C1CCN(C)CC1. The van der Waals surface area contributed by atoms with Gasteiger partial charge in [0.25, 0.3) is 5.91 Å². The third kappa shape index (κ3) is 3.99. The third-order valence-electron chi connectivity index (χ3n) is 7.27. The zero-order valence-electron chi connectivity index (χ0n) is 18.0. The first kappa shape index (κ1) is 19.9. The fourth-order valence-electron chi connectivity index (χ4n) is 5.53. The van der Waals surface area contributed by atoms with Crippen LogP contribution in [0.3, 0.4) is 0 Å². The highest BCUT2D eigenvalue weighted by atomic mass is 16.2. The average Bonchev–Trinajstić information content (AvgIpc) is 3.03. The number of imidazole rings is 1. The first-order valence-electron chi connectivity index (χ1n) is 11.3. The van der Waals surface area contributed by atoms with Crippen molar-refractivity contribution in [1.29, 1.82) is 0 Å². The van der Waals surface area contributed by atoms with E-state index < -0.39 is 0 Å².